The van der Waals surface area contributed by atoms with Gasteiger partial charge in [0.25, 0.3) is 11.8 Å². The van der Waals surface area contributed by atoms with E-state index in [2.05, 4.69) is 118 Å². The molecule has 0 aromatic heterocycles. The number of aromatic hydroxyl groups is 2. The largest absolute Gasteiger partial charge is 0.507 e. The van der Waals surface area contributed by atoms with E-state index in [0.717, 1.165) is 33.4 Å². The predicted molar refractivity (Wildman–Crippen MR) is 345 cm³/mol. The van der Waals surface area contributed by atoms with Crippen molar-refractivity contribution in [2.24, 2.45) is 0 Å². The van der Waals surface area contributed by atoms with Gasteiger partial charge in [0.05, 0.1) is 39.6 Å². The first-order chi connectivity index (χ1) is 42.1. The second-order valence-electron chi connectivity index (χ2n) is 27.6. The SMILES string of the molecule is CC(C)(C)c1cc2c(O)c(c1)Cc1cc(C(C)(C)C)cc3c1OCC(=O)N[C@H](Cc1ccccc1)C(=O)OCCOCCOCCOCCOC(=O)[C@H](Cc1ccccc1)NC(=O)COc1c(cc(C(C)(C)C)cc1Cc1cc(C(C)(C)C)cc(c1O)C3)C2. The normalized spacial score (nSPS) is 17.9. The molecule has 0 fully saturated rings. The lowest BCUT2D eigenvalue weighted by atomic mass is 9.79. The molecule has 9 rings (SSSR count). The van der Waals surface area contributed by atoms with Gasteiger partial charge < -0.3 is 54.0 Å². The summed E-state index contributed by atoms with van der Waals surface area (Å²) in [5.41, 5.74) is 9.17. The molecule has 2 heterocycles. The minimum Gasteiger partial charge on any atom is -0.507 e. The van der Waals surface area contributed by atoms with E-state index in [4.69, 9.17) is 33.2 Å². The van der Waals surface area contributed by atoms with E-state index in [1.807, 2.05) is 84.9 Å². The number of ether oxygens (including phenoxy) is 7. The average Bonchev–Trinajstić information content (AvgIpc) is 1.17. The maximum atomic E-state index is 14.5. The van der Waals surface area contributed by atoms with Gasteiger partial charge in [0.1, 0.15) is 48.3 Å². The van der Waals surface area contributed by atoms with Crippen LogP contribution in [0.1, 0.15) is 161 Å². The Morgan fingerprint density at radius 3 is 0.899 bits per heavy atom. The third-order valence-corrected chi connectivity index (χ3v) is 16.2. The van der Waals surface area contributed by atoms with Crippen molar-refractivity contribution in [1.29, 1.82) is 0 Å². The molecule has 6 aromatic carbocycles. The lowest BCUT2D eigenvalue weighted by molar-refractivity contribution is -0.149. The van der Waals surface area contributed by atoms with Crippen molar-refractivity contribution in [3.05, 3.63) is 187 Å². The van der Waals surface area contributed by atoms with Crippen molar-refractivity contribution >= 4 is 23.8 Å². The summed E-state index contributed by atoms with van der Waals surface area (Å²) < 4.78 is 42.2. The molecule has 89 heavy (non-hydrogen) atoms. The molecular weight excluding hydrogens is 1120 g/mol. The van der Waals surface area contributed by atoms with E-state index in [-0.39, 0.29) is 114 Å². The molecule has 15 heteroatoms. The lowest BCUT2D eigenvalue weighted by Gasteiger charge is -2.28. The second kappa shape index (κ2) is 29.3. The summed E-state index contributed by atoms with van der Waals surface area (Å²) in [4.78, 5) is 56.8. The first-order valence-corrected chi connectivity index (χ1v) is 31.1. The Labute approximate surface area is 526 Å². The molecule has 15 nitrogen and oxygen atoms in total. The van der Waals surface area contributed by atoms with Crippen LogP contribution in [0.3, 0.4) is 0 Å². The third-order valence-electron chi connectivity index (χ3n) is 16.2. The maximum Gasteiger partial charge on any atom is 0.329 e. The fourth-order valence-corrected chi connectivity index (χ4v) is 11.0. The van der Waals surface area contributed by atoms with Crippen LogP contribution in [-0.4, -0.2) is 112 Å². The van der Waals surface area contributed by atoms with Gasteiger partial charge in [0.15, 0.2) is 13.2 Å². The zero-order chi connectivity index (χ0) is 64.3. The number of hydrogen-bond donors (Lipinski definition) is 4. The molecule has 4 N–H and O–H groups in total. The van der Waals surface area contributed by atoms with Crippen molar-refractivity contribution in [1.82, 2.24) is 10.6 Å². The Hall–Kier alpha value is -7.72. The number of carbonyl (C=O) groups is 4. The van der Waals surface area contributed by atoms with Gasteiger partial charge in [-0.15, -0.1) is 0 Å². The quantitative estimate of drug-likeness (QED) is 0.0960. The fourth-order valence-electron chi connectivity index (χ4n) is 11.0. The highest BCUT2D eigenvalue weighted by Gasteiger charge is 2.31. The van der Waals surface area contributed by atoms with Gasteiger partial charge in [-0.25, -0.2) is 9.59 Å². The number of carbonyl (C=O) groups excluding carboxylic acids is 4. The van der Waals surface area contributed by atoms with Gasteiger partial charge in [0, 0.05) is 38.5 Å². The molecule has 6 aromatic rings. The molecule has 3 aliphatic rings. The van der Waals surface area contributed by atoms with Crippen molar-refractivity contribution in [3.63, 3.8) is 0 Å². The smallest absolute Gasteiger partial charge is 0.329 e. The Morgan fingerprint density at radius 2 is 0.629 bits per heavy atom. The number of benzene rings is 6. The lowest BCUT2D eigenvalue weighted by Crippen LogP contribution is -2.45. The van der Waals surface area contributed by atoms with Crippen LogP contribution in [0, 0.1) is 0 Å². The molecule has 10 bridgehead atoms. The highest BCUT2D eigenvalue weighted by atomic mass is 16.6. The number of fused-ring (bicyclic) bond motifs is 24. The average molecular weight is 1220 g/mol. The van der Waals surface area contributed by atoms with Gasteiger partial charge in [-0.1, -0.05) is 192 Å². The minimum absolute atomic E-state index is 0.0615. The summed E-state index contributed by atoms with van der Waals surface area (Å²) in [6.45, 7) is 25.5. The van der Waals surface area contributed by atoms with Gasteiger partial charge in [0.2, 0.25) is 0 Å². The Kier molecular flexibility index (Phi) is 22.1. The first-order valence-electron chi connectivity index (χ1n) is 31.1. The Balaban J connectivity index is 1.30. The van der Waals surface area contributed by atoms with Crippen LogP contribution in [0.15, 0.2) is 109 Å². The molecule has 2 atom stereocenters. The van der Waals surface area contributed by atoms with E-state index < -0.39 is 59.9 Å². The van der Waals surface area contributed by atoms with Crippen LogP contribution < -0.4 is 20.1 Å². The van der Waals surface area contributed by atoms with E-state index in [9.17, 15) is 29.4 Å². The minimum atomic E-state index is -1.08. The van der Waals surface area contributed by atoms with Crippen LogP contribution in [0.2, 0.25) is 0 Å². The molecule has 0 unspecified atom stereocenters. The van der Waals surface area contributed by atoms with Crippen molar-refractivity contribution in [3.8, 4) is 23.0 Å². The molecule has 476 valence electrons. The second-order valence-corrected chi connectivity index (χ2v) is 27.6. The Morgan fingerprint density at radius 1 is 0.371 bits per heavy atom. The van der Waals surface area contributed by atoms with Crippen LogP contribution >= 0.6 is 0 Å². The van der Waals surface area contributed by atoms with Crippen LogP contribution in [0.4, 0.5) is 0 Å². The molecule has 0 saturated carbocycles. The highest BCUT2D eigenvalue weighted by Crippen LogP contribution is 2.44. The summed E-state index contributed by atoms with van der Waals surface area (Å²) >= 11 is 0. The summed E-state index contributed by atoms with van der Waals surface area (Å²) in [7, 11) is 0. The third kappa shape index (κ3) is 18.7. The number of nitrogens with one attached hydrogen (secondary N) is 2. The highest BCUT2D eigenvalue weighted by molar-refractivity contribution is 5.86. The van der Waals surface area contributed by atoms with Crippen molar-refractivity contribution in [2.45, 2.75) is 155 Å². The van der Waals surface area contributed by atoms with E-state index in [1.165, 1.54) is 0 Å². The molecular formula is C74H92N2O13. The number of phenolic OH excluding ortho intramolecular Hbond substituents is 2. The van der Waals surface area contributed by atoms with Crippen molar-refractivity contribution < 1.29 is 62.5 Å². The maximum absolute atomic E-state index is 14.5. The van der Waals surface area contributed by atoms with Crippen LogP contribution in [0.25, 0.3) is 0 Å². The molecule has 2 amide bonds. The number of phenols is 2. The topological polar surface area (TPSA) is 197 Å². The molecule has 0 saturated heterocycles. The summed E-state index contributed by atoms with van der Waals surface area (Å²) in [6.07, 6.45) is 0.981. The molecule has 2 aliphatic heterocycles. The summed E-state index contributed by atoms with van der Waals surface area (Å²) in [5.74, 6) is -1.46. The zero-order valence-corrected chi connectivity index (χ0v) is 54.2. The van der Waals surface area contributed by atoms with Gasteiger partial charge in [-0.2, -0.15) is 0 Å². The molecule has 0 radical (unpaired) electrons. The summed E-state index contributed by atoms with van der Waals surface area (Å²) in [6, 6.07) is 33.0. The number of hydrogen-bond acceptors (Lipinski definition) is 13. The predicted octanol–water partition coefficient (Wildman–Crippen LogP) is 11.3. The monoisotopic (exact) mass is 1220 g/mol. The van der Waals surface area contributed by atoms with E-state index in [1.54, 1.807) is 0 Å². The Bertz CT molecular complexity index is 3120. The first kappa shape index (κ1) is 67.2. The van der Waals surface area contributed by atoms with E-state index in [0.29, 0.717) is 56.0 Å². The number of rotatable bonds is 4. The van der Waals surface area contributed by atoms with E-state index >= 15 is 0 Å². The fraction of sp³-hybridized carbons (Fsp3) is 0.459. The van der Waals surface area contributed by atoms with Gasteiger partial charge >= 0.3 is 11.9 Å². The number of amides is 2. The zero-order valence-electron chi connectivity index (χ0n) is 54.2. The van der Waals surface area contributed by atoms with Crippen LogP contribution in [-0.2, 0) is 103 Å². The van der Waals surface area contributed by atoms with Crippen LogP contribution in [0.5, 0.6) is 23.0 Å². The standard InChI is InChI=1S/C74H92N2O13/c1-71(2,3)57-37-49-33-53-41-59(73(7,8)9)43-55-35-51-39-58(72(4,5)6)40-52(66(51)80)36-56-44-60(74(10,11)12)42-54(34-50(38-57)65(49)79)68(56)89-46-64(78)76-62(32-48-21-17-14-18-22-48)70(82)87-30-28-85-26-24-83-23-25-84-27-29-86-69(81)61(31-47-19-15-13-16-20-47)75-63(77)45-88-67(53)55/h13-22,37-44,61-62,79-80H,23-36,45-46H2,1-12H3,(H,75,77)(H,76,78)/t61-,62+. The van der Waals surface area contributed by atoms with Gasteiger partial charge in [-0.05, 0) is 99.5 Å². The van der Waals surface area contributed by atoms with Crippen molar-refractivity contribution in [2.75, 3.05) is 66.1 Å². The molecule has 0 spiro atoms. The molecule has 1 aliphatic carbocycles. The number of esters is 2. The van der Waals surface area contributed by atoms with Gasteiger partial charge in [-0.3, -0.25) is 9.59 Å². The summed E-state index contributed by atoms with van der Waals surface area (Å²) in [5, 5.41) is 31.7.